The van der Waals surface area contributed by atoms with Crippen LogP contribution in [0.15, 0.2) is 30.5 Å². The van der Waals surface area contributed by atoms with Gasteiger partial charge < -0.3 is 5.32 Å². The summed E-state index contributed by atoms with van der Waals surface area (Å²) in [6, 6.07) is 8.07. The van der Waals surface area contributed by atoms with Gasteiger partial charge in [-0.25, -0.2) is 0 Å². The Bertz CT molecular complexity index is 788. The second-order valence-corrected chi connectivity index (χ2v) is 5.81. The number of nitrogens with one attached hydrogen (secondary N) is 1. The van der Waals surface area contributed by atoms with E-state index >= 15 is 0 Å². The van der Waals surface area contributed by atoms with E-state index in [1.165, 1.54) is 18.4 Å². The fourth-order valence-electron chi connectivity index (χ4n) is 2.48. The molecule has 3 heterocycles. The predicted octanol–water partition coefficient (Wildman–Crippen LogP) is 2.36. The van der Waals surface area contributed by atoms with Crippen molar-refractivity contribution >= 4 is 11.5 Å². The molecule has 1 fully saturated rings. The largest absolute Gasteiger partial charge is 0.368 e. The highest BCUT2D eigenvalue weighted by Gasteiger charge is 2.29. The molecule has 1 N–H and O–H groups in total. The van der Waals surface area contributed by atoms with Crippen LogP contribution in [0.2, 0.25) is 0 Å². The molecule has 0 aromatic carbocycles. The molecular weight excluding hydrogens is 276 g/mol. The Balaban J connectivity index is 1.45. The molecule has 0 radical (unpaired) electrons. The first-order valence-corrected chi connectivity index (χ1v) is 7.67. The van der Waals surface area contributed by atoms with Crippen LogP contribution in [0.4, 0.5) is 5.82 Å². The highest BCUT2D eigenvalue weighted by molar-refractivity contribution is 5.44. The number of rotatable bonds is 5. The first-order valence-electron chi connectivity index (χ1n) is 7.67. The summed E-state index contributed by atoms with van der Waals surface area (Å²) < 4.78 is 1.87. The SMILES string of the molecule is Cc1ccc(CCNc2ccc3nnc(C4CC4)n3n2)cn1. The van der Waals surface area contributed by atoms with Crippen LogP contribution in [-0.2, 0) is 6.42 Å². The molecular formula is C16H18N6. The van der Waals surface area contributed by atoms with Crippen molar-refractivity contribution < 1.29 is 0 Å². The van der Waals surface area contributed by atoms with E-state index < -0.39 is 0 Å². The molecule has 0 aliphatic heterocycles. The summed E-state index contributed by atoms with van der Waals surface area (Å²) in [5.74, 6) is 2.38. The molecule has 0 saturated heterocycles. The van der Waals surface area contributed by atoms with Gasteiger partial charge in [0.25, 0.3) is 0 Å². The molecule has 1 aliphatic carbocycles. The molecule has 112 valence electrons. The molecule has 0 amide bonds. The molecule has 1 aliphatic rings. The number of hydrogen-bond acceptors (Lipinski definition) is 5. The molecule has 6 nitrogen and oxygen atoms in total. The van der Waals surface area contributed by atoms with Gasteiger partial charge in [-0.3, -0.25) is 4.98 Å². The molecule has 6 heteroatoms. The number of aryl methyl sites for hydroxylation is 1. The van der Waals surface area contributed by atoms with E-state index in [-0.39, 0.29) is 0 Å². The van der Waals surface area contributed by atoms with Gasteiger partial charge in [0.2, 0.25) is 0 Å². The van der Waals surface area contributed by atoms with Crippen molar-refractivity contribution in [2.24, 2.45) is 0 Å². The zero-order valence-corrected chi connectivity index (χ0v) is 12.5. The molecule has 1 saturated carbocycles. The minimum absolute atomic E-state index is 0.538. The van der Waals surface area contributed by atoms with Crippen molar-refractivity contribution in [2.45, 2.75) is 32.1 Å². The number of aromatic nitrogens is 5. The first-order chi connectivity index (χ1) is 10.8. The van der Waals surface area contributed by atoms with Gasteiger partial charge in [-0.15, -0.1) is 15.3 Å². The van der Waals surface area contributed by atoms with Crippen LogP contribution in [-0.4, -0.2) is 31.3 Å². The number of pyridine rings is 1. The van der Waals surface area contributed by atoms with Crippen molar-refractivity contribution in [1.82, 2.24) is 24.8 Å². The van der Waals surface area contributed by atoms with Crippen LogP contribution >= 0.6 is 0 Å². The highest BCUT2D eigenvalue weighted by atomic mass is 15.4. The predicted molar refractivity (Wildman–Crippen MR) is 83.9 cm³/mol. The monoisotopic (exact) mass is 294 g/mol. The summed E-state index contributed by atoms with van der Waals surface area (Å²) in [7, 11) is 0. The normalized spacial score (nSPS) is 14.4. The van der Waals surface area contributed by atoms with Crippen molar-refractivity contribution in [3.05, 3.63) is 47.5 Å². The molecule has 3 aromatic heterocycles. The maximum atomic E-state index is 4.61. The lowest BCUT2D eigenvalue weighted by atomic mass is 10.2. The lowest BCUT2D eigenvalue weighted by Gasteiger charge is -2.06. The zero-order chi connectivity index (χ0) is 14.9. The molecule has 0 spiro atoms. The van der Waals surface area contributed by atoms with Gasteiger partial charge in [-0.1, -0.05) is 6.07 Å². The Morgan fingerprint density at radius 2 is 2.09 bits per heavy atom. The lowest BCUT2D eigenvalue weighted by molar-refractivity contribution is 0.813. The van der Waals surface area contributed by atoms with Crippen LogP contribution in [0.5, 0.6) is 0 Å². The summed E-state index contributed by atoms with van der Waals surface area (Å²) >= 11 is 0. The van der Waals surface area contributed by atoms with Gasteiger partial charge >= 0.3 is 0 Å². The quantitative estimate of drug-likeness (QED) is 0.782. The Hall–Kier alpha value is -2.50. The third kappa shape index (κ3) is 2.64. The van der Waals surface area contributed by atoms with Crippen molar-refractivity contribution in [1.29, 1.82) is 0 Å². The topological polar surface area (TPSA) is 68.0 Å². The summed E-state index contributed by atoms with van der Waals surface area (Å²) in [6.07, 6.45) is 5.24. The smallest absolute Gasteiger partial charge is 0.178 e. The van der Waals surface area contributed by atoms with Gasteiger partial charge in [-0.2, -0.15) is 4.52 Å². The van der Waals surface area contributed by atoms with Crippen LogP contribution in [0.25, 0.3) is 5.65 Å². The van der Waals surface area contributed by atoms with Gasteiger partial charge in [-0.05, 0) is 49.9 Å². The fraction of sp³-hybridized carbons (Fsp3) is 0.375. The van der Waals surface area contributed by atoms with E-state index in [0.717, 1.165) is 35.9 Å². The Morgan fingerprint density at radius 1 is 1.18 bits per heavy atom. The zero-order valence-electron chi connectivity index (χ0n) is 12.5. The number of anilines is 1. The Kier molecular flexibility index (Phi) is 3.21. The van der Waals surface area contributed by atoms with Gasteiger partial charge in [0.15, 0.2) is 11.5 Å². The highest BCUT2D eigenvalue weighted by Crippen LogP contribution is 2.38. The minimum Gasteiger partial charge on any atom is -0.368 e. The Morgan fingerprint density at radius 3 is 2.86 bits per heavy atom. The molecule has 0 bridgehead atoms. The molecule has 0 unspecified atom stereocenters. The molecule has 4 rings (SSSR count). The lowest BCUT2D eigenvalue weighted by Crippen LogP contribution is -2.09. The van der Waals surface area contributed by atoms with Crippen LogP contribution < -0.4 is 5.32 Å². The van der Waals surface area contributed by atoms with Crippen LogP contribution in [0, 0.1) is 6.92 Å². The van der Waals surface area contributed by atoms with Crippen LogP contribution in [0.1, 0.15) is 35.8 Å². The van der Waals surface area contributed by atoms with Crippen molar-refractivity contribution in [3.63, 3.8) is 0 Å². The molecule has 3 aromatic rings. The molecule has 0 atom stereocenters. The minimum atomic E-state index is 0.538. The van der Waals surface area contributed by atoms with Crippen molar-refractivity contribution in [2.75, 3.05) is 11.9 Å². The summed E-state index contributed by atoms with van der Waals surface area (Å²) in [6.45, 7) is 2.82. The summed E-state index contributed by atoms with van der Waals surface area (Å²) in [5.41, 5.74) is 3.08. The maximum Gasteiger partial charge on any atom is 0.178 e. The van der Waals surface area contributed by atoms with Gasteiger partial charge in [0, 0.05) is 24.4 Å². The van der Waals surface area contributed by atoms with Gasteiger partial charge in [0.1, 0.15) is 5.82 Å². The second-order valence-electron chi connectivity index (χ2n) is 5.81. The average Bonchev–Trinajstić information content (AvgIpc) is 3.29. The third-order valence-electron chi connectivity index (χ3n) is 3.92. The van der Waals surface area contributed by atoms with E-state index in [2.05, 4.69) is 31.7 Å². The number of hydrogen-bond donors (Lipinski definition) is 1. The van der Waals surface area contributed by atoms with Crippen molar-refractivity contribution in [3.8, 4) is 0 Å². The third-order valence-corrected chi connectivity index (χ3v) is 3.92. The second kappa shape index (κ2) is 5.36. The standard InChI is InChI=1S/C16H18N6/c1-11-2-3-12(10-18-11)8-9-17-14-6-7-15-19-20-16(13-4-5-13)22(15)21-14/h2-3,6-7,10,13H,4-5,8-9H2,1H3,(H,17,21). The number of fused-ring (bicyclic) bond motifs is 1. The van der Waals surface area contributed by atoms with E-state index in [1.54, 1.807) is 0 Å². The molecule has 22 heavy (non-hydrogen) atoms. The fourth-order valence-corrected chi connectivity index (χ4v) is 2.48. The van der Waals surface area contributed by atoms with E-state index in [4.69, 9.17) is 0 Å². The van der Waals surface area contributed by atoms with Crippen LogP contribution in [0.3, 0.4) is 0 Å². The average molecular weight is 294 g/mol. The number of nitrogens with zero attached hydrogens (tertiary/aromatic N) is 5. The Labute approximate surface area is 128 Å². The maximum absolute atomic E-state index is 4.61. The first kappa shape index (κ1) is 13.2. The van der Waals surface area contributed by atoms with E-state index in [9.17, 15) is 0 Å². The van der Waals surface area contributed by atoms with E-state index in [1.807, 2.05) is 35.8 Å². The summed E-state index contributed by atoms with van der Waals surface area (Å²) in [5, 5.41) is 16.4. The summed E-state index contributed by atoms with van der Waals surface area (Å²) in [4.78, 5) is 4.31. The van der Waals surface area contributed by atoms with E-state index in [0.29, 0.717) is 5.92 Å². The van der Waals surface area contributed by atoms with Gasteiger partial charge in [0.05, 0.1) is 0 Å².